The number of fused-ring (bicyclic) bond motifs is 1. The molecular formula is C23H25N3O5. The number of para-hydroxylation sites is 2. The van der Waals surface area contributed by atoms with E-state index in [1.807, 2.05) is 30.3 Å². The first-order valence-corrected chi connectivity index (χ1v) is 10.3. The Hall–Kier alpha value is -3.55. The van der Waals surface area contributed by atoms with Gasteiger partial charge in [0.05, 0.1) is 19.2 Å². The number of hydrogen-bond acceptors (Lipinski definition) is 5. The third kappa shape index (κ3) is 4.47. The first-order chi connectivity index (χ1) is 15.0. The second kappa shape index (κ2) is 8.67. The Bertz CT molecular complexity index is 1010. The number of carbonyl (C=O) groups is 3. The number of hydrogen-bond donors (Lipinski definition) is 2. The van der Waals surface area contributed by atoms with Crippen molar-refractivity contribution in [1.82, 2.24) is 15.5 Å². The molecule has 8 heteroatoms. The molecule has 2 aliphatic rings. The van der Waals surface area contributed by atoms with Crippen molar-refractivity contribution < 1.29 is 23.9 Å². The molecule has 1 fully saturated rings. The monoisotopic (exact) mass is 423 g/mol. The molecule has 2 aromatic rings. The van der Waals surface area contributed by atoms with E-state index in [2.05, 4.69) is 10.6 Å². The van der Waals surface area contributed by atoms with Crippen LogP contribution in [-0.4, -0.2) is 48.5 Å². The number of rotatable bonds is 5. The maximum absolute atomic E-state index is 12.6. The molecule has 8 nitrogen and oxygen atoms in total. The van der Waals surface area contributed by atoms with E-state index in [-0.39, 0.29) is 30.7 Å². The predicted octanol–water partition coefficient (Wildman–Crippen LogP) is 1.84. The van der Waals surface area contributed by atoms with Crippen molar-refractivity contribution in [3.05, 3.63) is 59.7 Å². The summed E-state index contributed by atoms with van der Waals surface area (Å²) < 4.78 is 11.4. The summed E-state index contributed by atoms with van der Waals surface area (Å²) in [4.78, 5) is 39.2. The zero-order valence-corrected chi connectivity index (χ0v) is 17.3. The molecule has 0 radical (unpaired) electrons. The van der Waals surface area contributed by atoms with Crippen LogP contribution in [0.3, 0.4) is 0 Å². The molecule has 0 aliphatic carbocycles. The summed E-state index contributed by atoms with van der Waals surface area (Å²) in [6.07, 6.45) is 0.937. The lowest BCUT2D eigenvalue weighted by molar-refractivity contribution is -0.135. The Morgan fingerprint density at radius 2 is 1.94 bits per heavy atom. The summed E-state index contributed by atoms with van der Waals surface area (Å²) in [6, 6.07) is 14.5. The smallest absolute Gasteiger partial charge is 0.258 e. The van der Waals surface area contributed by atoms with Gasteiger partial charge < -0.3 is 25.0 Å². The maximum atomic E-state index is 12.6. The van der Waals surface area contributed by atoms with E-state index < -0.39 is 5.72 Å². The molecule has 162 valence electrons. The van der Waals surface area contributed by atoms with Crippen molar-refractivity contribution in [3.8, 4) is 11.5 Å². The topological polar surface area (TPSA) is 97.0 Å². The highest BCUT2D eigenvalue weighted by Gasteiger charge is 2.42. The second-order valence-electron chi connectivity index (χ2n) is 7.70. The largest absolute Gasteiger partial charge is 0.496 e. The van der Waals surface area contributed by atoms with Crippen molar-refractivity contribution in [3.63, 3.8) is 0 Å². The van der Waals surface area contributed by atoms with E-state index in [1.54, 1.807) is 25.3 Å². The first-order valence-electron chi connectivity index (χ1n) is 10.3. The lowest BCUT2D eigenvalue weighted by Crippen LogP contribution is -2.56. The van der Waals surface area contributed by atoms with Gasteiger partial charge in [-0.05, 0) is 18.2 Å². The van der Waals surface area contributed by atoms with E-state index >= 15 is 0 Å². The van der Waals surface area contributed by atoms with Gasteiger partial charge in [-0.15, -0.1) is 0 Å². The summed E-state index contributed by atoms with van der Waals surface area (Å²) in [5.74, 6) is 0.607. The van der Waals surface area contributed by atoms with Crippen LogP contribution < -0.4 is 20.1 Å². The van der Waals surface area contributed by atoms with Gasteiger partial charge in [-0.3, -0.25) is 14.4 Å². The molecule has 0 bridgehead atoms. The molecule has 2 heterocycles. The molecule has 31 heavy (non-hydrogen) atoms. The lowest BCUT2D eigenvalue weighted by atomic mass is 10.0. The fourth-order valence-corrected chi connectivity index (χ4v) is 3.95. The van der Waals surface area contributed by atoms with E-state index in [0.717, 1.165) is 5.56 Å². The van der Waals surface area contributed by atoms with E-state index in [4.69, 9.17) is 9.47 Å². The standard InChI is InChI=1S/C23H25N3O5/c1-30-18-8-4-2-6-16(18)14-24-20(27)15-26-13-12-23(11-10-21(26)28)25-22(29)17-7-3-5-9-19(17)31-23/h2-9H,10-15H2,1H3,(H,24,27)(H,25,29). The molecule has 1 atom stereocenters. The summed E-state index contributed by atoms with van der Waals surface area (Å²) in [6.45, 7) is 0.572. The molecule has 3 amide bonds. The van der Waals surface area contributed by atoms with Crippen molar-refractivity contribution in [2.75, 3.05) is 20.2 Å². The highest BCUT2D eigenvalue weighted by Crippen LogP contribution is 2.33. The number of likely N-dealkylation sites (tertiary alicyclic amines) is 1. The molecule has 2 aromatic carbocycles. The SMILES string of the molecule is COc1ccccc1CNC(=O)CN1CCC2(CCC1=O)NC(=O)c1ccccc1O2. The van der Waals surface area contributed by atoms with Gasteiger partial charge >= 0.3 is 0 Å². The second-order valence-corrected chi connectivity index (χ2v) is 7.70. The number of benzene rings is 2. The number of amides is 3. The van der Waals surface area contributed by atoms with Crippen LogP contribution >= 0.6 is 0 Å². The van der Waals surface area contributed by atoms with Crippen LogP contribution in [0, 0.1) is 0 Å². The van der Waals surface area contributed by atoms with Crippen LogP contribution in [0.25, 0.3) is 0 Å². The minimum absolute atomic E-state index is 0.0470. The van der Waals surface area contributed by atoms with Crippen molar-refractivity contribution in [2.45, 2.75) is 31.5 Å². The number of nitrogens with one attached hydrogen (secondary N) is 2. The zero-order valence-electron chi connectivity index (χ0n) is 17.3. The molecule has 2 aliphatic heterocycles. The predicted molar refractivity (Wildman–Crippen MR) is 113 cm³/mol. The van der Waals surface area contributed by atoms with Gasteiger partial charge in [0.25, 0.3) is 5.91 Å². The minimum Gasteiger partial charge on any atom is -0.496 e. The zero-order chi connectivity index (χ0) is 21.8. The molecular weight excluding hydrogens is 398 g/mol. The number of methoxy groups -OCH3 is 1. The van der Waals surface area contributed by atoms with Crippen molar-refractivity contribution in [1.29, 1.82) is 0 Å². The third-order valence-corrected chi connectivity index (χ3v) is 5.66. The van der Waals surface area contributed by atoms with Gasteiger partial charge in [0.1, 0.15) is 11.5 Å². The fraction of sp³-hybridized carbons (Fsp3) is 0.348. The van der Waals surface area contributed by atoms with Crippen molar-refractivity contribution in [2.24, 2.45) is 0 Å². The van der Waals surface area contributed by atoms with Crippen LogP contribution in [0.5, 0.6) is 11.5 Å². The van der Waals surface area contributed by atoms with Crippen LogP contribution in [0.4, 0.5) is 0 Å². The molecule has 1 unspecified atom stereocenters. The van der Waals surface area contributed by atoms with Crippen LogP contribution in [0.15, 0.2) is 48.5 Å². The highest BCUT2D eigenvalue weighted by molar-refractivity contribution is 5.98. The van der Waals surface area contributed by atoms with E-state index in [0.29, 0.717) is 43.0 Å². The molecule has 4 rings (SSSR count). The molecule has 1 spiro atoms. The highest BCUT2D eigenvalue weighted by atomic mass is 16.5. The molecule has 0 aromatic heterocycles. The molecule has 1 saturated heterocycles. The van der Waals surface area contributed by atoms with Crippen LogP contribution in [0.2, 0.25) is 0 Å². The summed E-state index contributed by atoms with van der Waals surface area (Å²) in [5.41, 5.74) is 0.400. The molecule has 0 saturated carbocycles. The average molecular weight is 423 g/mol. The first kappa shape index (κ1) is 20.7. The average Bonchev–Trinajstić information content (AvgIpc) is 2.92. The Morgan fingerprint density at radius 3 is 2.77 bits per heavy atom. The summed E-state index contributed by atoms with van der Waals surface area (Å²) in [5, 5.41) is 5.77. The van der Waals surface area contributed by atoms with Gasteiger partial charge in [0, 0.05) is 37.9 Å². The Morgan fingerprint density at radius 1 is 1.16 bits per heavy atom. The van der Waals surface area contributed by atoms with E-state index in [9.17, 15) is 14.4 Å². The van der Waals surface area contributed by atoms with Crippen LogP contribution in [0.1, 0.15) is 35.2 Å². The quantitative estimate of drug-likeness (QED) is 0.765. The summed E-state index contributed by atoms with van der Waals surface area (Å²) >= 11 is 0. The van der Waals surface area contributed by atoms with Crippen molar-refractivity contribution >= 4 is 17.7 Å². The Labute approximate surface area is 180 Å². The van der Waals surface area contributed by atoms with Gasteiger partial charge in [0.15, 0.2) is 5.72 Å². The Balaban J connectivity index is 1.37. The third-order valence-electron chi connectivity index (χ3n) is 5.66. The molecule has 2 N–H and O–H groups in total. The number of ether oxygens (including phenoxy) is 2. The van der Waals surface area contributed by atoms with Gasteiger partial charge in [-0.25, -0.2) is 0 Å². The normalized spacial score (nSPS) is 20.4. The summed E-state index contributed by atoms with van der Waals surface area (Å²) in [7, 11) is 1.58. The van der Waals surface area contributed by atoms with Gasteiger partial charge in [-0.1, -0.05) is 30.3 Å². The van der Waals surface area contributed by atoms with E-state index in [1.165, 1.54) is 4.90 Å². The van der Waals surface area contributed by atoms with Gasteiger partial charge in [0.2, 0.25) is 11.8 Å². The van der Waals surface area contributed by atoms with Crippen LogP contribution in [-0.2, 0) is 16.1 Å². The van der Waals surface area contributed by atoms with Gasteiger partial charge in [-0.2, -0.15) is 0 Å². The maximum Gasteiger partial charge on any atom is 0.258 e. The minimum atomic E-state index is -0.941. The number of nitrogens with zero attached hydrogens (tertiary/aromatic N) is 1. The Kier molecular flexibility index (Phi) is 5.79. The lowest BCUT2D eigenvalue weighted by Gasteiger charge is -2.38. The number of carbonyl (C=O) groups excluding carboxylic acids is 3. The fourth-order valence-electron chi connectivity index (χ4n) is 3.95.